The van der Waals surface area contributed by atoms with Crippen LogP contribution in [0.2, 0.25) is 0 Å². The summed E-state index contributed by atoms with van der Waals surface area (Å²) in [6, 6.07) is 76.7. The normalized spacial score (nSPS) is 21.7. The molecule has 8 aliphatic rings. The molecule has 0 amide bonds. The van der Waals surface area contributed by atoms with Crippen LogP contribution in [0.25, 0.3) is 0 Å². The standard InChI is InChI=1S/C27H40O3.C18H15S.C15H24O2.C14H17F5O5S.C14H19F3O5S.C14H22O.C10H14.Ce/c1-9-20(22-14-16-24(17-15-22)29-27(6,7)8)18-19(2)21-10-12-23(13-11-21)25(30-28)26(3,4)5;1-4-10-16(11-5-1)19(17-12-6-2-7-13-17)18-14-8-3-9-15-18;1-6-11(2)12-7-9-13(10-8-12)14(17-16)15(3,4)5;15-13(16,17)10(14(18,19)25(21,22)23)24-11(20)12-4-7-1-8(5-12)3-9(2-7)6-12;15-14(16,17)11(7-23(19,20)21)22-12(18)13-4-8-1-9(5-13)3-10(2-8)6-13;1-6-11(2)12-7-9-13(10-8-12)15-14(3,4)5;1-3-9(2)10-7-5-4-6-8-10;/h10-17,19-20,25,28H,9,18H2,1-8H3;1-15H;7-11,14,16H,6H2,1-5H3;7-10H,1-6H2,(H,21,22,23);8-11H,1-7H2,(H,19,20,21);7-11H,6H2,1-5H3;4-9H,3H2,1-2H3;/q;+1;;;;;;+3/p-2. The van der Waals surface area contributed by atoms with Crippen molar-refractivity contribution in [2.45, 2.75) is 345 Å². The largest absolute Gasteiger partial charge is 3.00 e. The van der Waals surface area contributed by atoms with Gasteiger partial charge in [-0.15, -0.1) is 0 Å². The van der Waals surface area contributed by atoms with Gasteiger partial charge in [0.15, 0.2) is 24.8 Å². The molecular formula is C112H149CeF8O16S3+2. The first-order chi connectivity index (χ1) is 64.8. The maximum atomic E-state index is 13.5. The Balaban J connectivity index is 0.000000226. The van der Waals surface area contributed by atoms with Gasteiger partial charge in [0.2, 0.25) is 6.10 Å². The molecule has 1 radical (unpaired) electrons. The number of rotatable bonds is 28. The van der Waals surface area contributed by atoms with Crippen molar-refractivity contribution in [3.63, 3.8) is 0 Å². The summed E-state index contributed by atoms with van der Waals surface area (Å²) in [5, 5.41) is 12.6. The molecule has 0 saturated heterocycles. The number of benzene rings is 8. The van der Waals surface area contributed by atoms with E-state index in [4.69, 9.17) is 19.6 Å². The fourth-order valence-electron chi connectivity index (χ4n) is 20.5. The second-order valence-corrected chi connectivity index (χ2v) is 48.3. The molecule has 769 valence electrons. The first-order valence-electron chi connectivity index (χ1n) is 48.9. The molecule has 140 heavy (non-hydrogen) atoms. The summed E-state index contributed by atoms with van der Waals surface area (Å²) in [6.07, 6.45) is -5.21. The molecule has 2 N–H and O–H groups in total. The zero-order chi connectivity index (χ0) is 103. The Bertz CT molecular complexity index is 5120. The summed E-state index contributed by atoms with van der Waals surface area (Å²) in [6.45, 7) is 42.6. The van der Waals surface area contributed by atoms with E-state index in [0.29, 0.717) is 66.6 Å². The molecule has 0 aromatic heterocycles. The van der Waals surface area contributed by atoms with Crippen molar-refractivity contribution in [3.05, 3.63) is 257 Å². The van der Waals surface area contributed by atoms with Gasteiger partial charge in [0.25, 0.3) is 6.10 Å². The van der Waals surface area contributed by atoms with Crippen LogP contribution in [0.1, 0.15) is 328 Å². The van der Waals surface area contributed by atoms with Crippen LogP contribution < -0.4 is 9.47 Å². The van der Waals surface area contributed by atoms with E-state index in [1.165, 1.54) is 55.3 Å². The van der Waals surface area contributed by atoms with Gasteiger partial charge in [0, 0.05) is 0 Å². The van der Waals surface area contributed by atoms with Gasteiger partial charge in [-0.05, 0) is 326 Å². The van der Waals surface area contributed by atoms with E-state index < -0.39 is 78.6 Å². The van der Waals surface area contributed by atoms with Crippen LogP contribution in [0.3, 0.4) is 0 Å². The van der Waals surface area contributed by atoms with Crippen LogP contribution in [0.15, 0.2) is 233 Å². The zero-order valence-electron chi connectivity index (χ0n) is 85.0. The van der Waals surface area contributed by atoms with Gasteiger partial charge in [0.1, 0.15) is 34.9 Å². The number of carbonyl (C=O) groups is 2. The van der Waals surface area contributed by atoms with Gasteiger partial charge in [0.05, 0.1) is 37.6 Å². The molecule has 8 bridgehead atoms. The average Bonchev–Trinajstić information content (AvgIpc) is 0.729. The van der Waals surface area contributed by atoms with Gasteiger partial charge in [-0.3, -0.25) is 20.1 Å². The summed E-state index contributed by atoms with van der Waals surface area (Å²) in [4.78, 5) is 38.3. The number of hydrogen-bond donors (Lipinski definition) is 2. The third kappa shape index (κ3) is 35.8. The second kappa shape index (κ2) is 51.9. The molecule has 8 aliphatic carbocycles. The molecule has 8 fully saturated rings. The summed E-state index contributed by atoms with van der Waals surface area (Å²) < 4.78 is 189. The Morgan fingerprint density at radius 2 is 0.657 bits per heavy atom. The van der Waals surface area contributed by atoms with E-state index in [1.807, 2.05) is 12.1 Å². The van der Waals surface area contributed by atoms with Crippen LogP contribution in [0.5, 0.6) is 11.5 Å². The van der Waals surface area contributed by atoms with Crippen LogP contribution in [0.4, 0.5) is 35.1 Å². The van der Waals surface area contributed by atoms with Crippen LogP contribution in [-0.2, 0) is 60.0 Å². The Morgan fingerprint density at radius 1 is 0.386 bits per heavy atom. The van der Waals surface area contributed by atoms with Crippen molar-refractivity contribution in [1.82, 2.24) is 0 Å². The van der Waals surface area contributed by atoms with Crippen molar-refractivity contribution in [3.8, 4) is 11.5 Å². The van der Waals surface area contributed by atoms with Gasteiger partial charge >= 0.3 is 71.3 Å². The third-order valence-corrected chi connectivity index (χ3v) is 31.2. The maximum absolute atomic E-state index is 13.5. The fourth-order valence-corrected chi connectivity index (χ4v) is 23.7. The van der Waals surface area contributed by atoms with Crippen LogP contribution >= 0.6 is 0 Å². The monoisotopic (exact) mass is 2140 g/mol. The molecule has 8 saturated carbocycles. The first-order valence-corrected chi connectivity index (χ1v) is 53.1. The predicted octanol–water partition coefficient (Wildman–Crippen LogP) is 30.3. The van der Waals surface area contributed by atoms with Crippen LogP contribution in [-0.4, -0.2) is 95.2 Å². The van der Waals surface area contributed by atoms with E-state index in [-0.39, 0.29) is 124 Å². The second-order valence-electron chi connectivity index (χ2n) is 43.3. The van der Waals surface area contributed by atoms with E-state index in [1.54, 1.807) is 0 Å². The number of carbonyl (C=O) groups excluding carboxylic acids is 2. The minimum absolute atomic E-state index is 0. The Hall–Kier alpha value is -6.87. The predicted molar refractivity (Wildman–Crippen MR) is 531 cm³/mol. The summed E-state index contributed by atoms with van der Waals surface area (Å²) in [5.41, 5.74) is 6.08. The molecule has 28 heteroatoms. The van der Waals surface area contributed by atoms with Crippen molar-refractivity contribution in [2.75, 3.05) is 5.75 Å². The summed E-state index contributed by atoms with van der Waals surface area (Å²) in [7, 11) is -11.8. The SMILES string of the molecule is CCC(C)c1ccc(C(OO)C(C)(C)C)cc1.CCC(C)c1ccc(OC(C)(C)C)cc1.CCC(C)c1ccccc1.CCC(CC(C)c1ccc(C(OO)C(C)(C)C)cc1)c1ccc(OC(C)(C)C)cc1.O=C(OC(C(F)(F)F)C(F)(F)S(=O)(=O)[O-])C12CC3CC(CC(C3)C1)C2.O=C(OC(CS(=O)(=O)[O-])C(F)(F)F)C12CC3CC(CC(C3)C1)C2.[Ce+3].c1ccc([S+](c2ccccc2)c2ccccc2)cc1. The minimum Gasteiger partial charge on any atom is -0.748 e. The van der Waals surface area contributed by atoms with Crippen molar-refractivity contribution in [2.24, 2.45) is 57.2 Å². The summed E-state index contributed by atoms with van der Waals surface area (Å²) >= 11 is 0. The van der Waals surface area contributed by atoms with E-state index in [0.717, 1.165) is 80.4 Å². The molecule has 9 atom stereocenters. The molecule has 16 nitrogen and oxygen atoms in total. The molecule has 0 heterocycles. The number of ether oxygens (including phenoxy) is 4. The van der Waals surface area contributed by atoms with E-state index in [2.05, 4.69) is 359 Å². The fraction of sp³-hybridized carbons (Fsp3) is 0.554. The Kier molecular flexibility index (Phi) is 44.6. The van der Waals surface area contributed by atoms with Gasteiger partial charge in [-0.2, -0.15) is 35.1 Å². The number of alkyl halides is 8. The van der Waals surface area contributed by atoms with E-state index >= 15 is 0 Å². The quantitative estimate of drug-likeness (QED) is 0.0116. The molecule has 0 aliphatic heterocycles. The smallest absolute Gasteiger partial charge is 0.748 e. The van der Waals surface area contributed by atoms with Gasteiger partial charge in [-0.1, -0.05) is 255 Å². The van der Waals surface area contributed by atoms with Crippen LogP contribution in [0, 0.1) is 98.9 Å². The molecular weight excluding hydrogens is 1990 g/mol. The number of hydrogen-bond acceptors (Lipinski definition) is 16. The van der Waals surface area contributed by atoms with Gasteiger partial charge in [-0.25, -0.2) is 26.6 Å². The zero-order valence-corrected chi connectivity index (χ0v) is 90.6. The maximum Gasteiger partial charge on any atom is 3.00 e. The Morgan fingerprint density at radius 3 is 0.914 bits per heavy atom. The third-order valence-electron chi connectivity index (χ3n) is 27.4. The van der Waals surface area contributed by atoms with Gasteiger partial charge < -0.3 is 28.1 Å². The molecule has 16 rings (SSSR count). The van der Waals surface area contributed by atoms with Crippen molar-refractivity contribution >= 4 is 43.1 Å². The summed E-state index contributed by atoms with van der Waals surface area (Å²) in [5.74, 6) is 1.91. The topological polar surface area (TPSA) is 244 Å². The number of halogens is 8. The van der Waals surface area contributed by atoms with Crippen molar-refractivity contribution in [1.29, 1.82) is 0 Å². The molecule has 9 unspecified atom stereocenters. The van der Waals surface area contributed by atoms with Crippen molar-refractivity contribution < 1.29 is 152 Å². The molecule has 8 aromatic rings. The van der Waals surface area contributed by atoms with E-state index in [9.17, 15) is 75.9 Å². The molecule has 0 spiro atoms. The molecule has 8 aromatic carbocycles. The minimum atomic E-state index is -6.67. The number of esters is 2. The first kappa shape index (κ1) is 120. The average molecular weight is 2140 g/mol. The Labute approximate surface area is 864 Å².